The molecule has 0 radical (unpaired) electrons. The molecule has 0 aromatic heterocycles. The molecule has 0 bridgehead atoms. The second-order valence-electron chi connectivity index (χ2n) is 11.1. The lowest BCUT2D eigenvalue weighted by Crippen LogP contribution is -2.48. The van der Waals surface area contributed by atoms with Gasteiger partial charge in [0, 0.05) is 32.4 Å². The Kier molecular flexibility index (Phi) is 9.11. The van der Waals surface area contributed by atoms with Crippen LogP contribution in [-0.2, 0) is 14.3 Å². The summed E-state index contributed by atoms with van der Waals surface area (Å²) in [5.41, 5.74) is 6.74. The van der Waals surface area contributed by atoms with Crippen molar-refractivity contribution in [1.82, 2.24) is 9.80 Å². The lowest BCUT2D eigenvalue weighted by molar-refractivity contribution is -0.133. The number of carbonyl (C=O) groups is 2. The highest BCUT2D eigenvalue weighted by Gasteiger charge is 2.31. The Morgan fingerprint density at radius 3 is 2.26 bits per heavy atom. The largest absolute Gasteiger partial charge is 0.482 e. The van der Waals surface area contributed by atoms with Gasteiger partial charge in [-0.05, 0) is 72.9 Å². The van der Waals surface area contributed by atoms with Gasteiger partial charge in [0.05, 0.1) is 24.9 Å². The van der Waals surface area contributed by atoms with Gasteiger partial charge in [-0.15, -0.1) is 0 Å². The molecular weight excluding hydrogens is 532 g/mol. The first-order valence-electron chi connectivity index (χ1n) is 14.4. The number of carbonyl (C=O) groups excluding carboxylic acids is 2. The van der Waals surface area contributed by atoms with Gasteiger partial charge in [0.2, 0.25) is 5.91 Å². The minimum absolute atomic E-state index is 0.0568. The topological polar surface area (TPSA) is 94.6 Å². The zero-order valence-electron chi connectivity index (χ0n) is 24.8. The van der Waals surface area contributed by atoms with Crippen molar-refractivity contribution in [2.45, 2.75) is 33.0 Å². The summed E-state index contributed by atoms with van der Waals surface area (Å²) in [5, 5.41) is 12.6. The van der Waals surface area contributed by atoms with Gasteiger partial charge in [-0.3, -0.25) is 19.4 Å². The maximum Gasteiger partial charge on any atom is 0.265 e. The molecule has 5 rings (SSSR count). The summed E-state index contributed by atoms with van der Waals surface area (Å²) in [7, 11) is 1.82. The number of nitrogens with zero attached hydrogens (tertiary/aromatic N) is 3. The lowest BCUT2D eigenvalue weighted by atomic mass is 9.99. The normalized spacial score (nSPS) is 16.8. The zero-order chi connectivity index (χ0) is 29.8. The van der Waals surface area contributed by atoms with E-state index in [1.54, 1.807) is 16.7 Å². The summed E-state index contributed by atoms with van der Waals surface area (Å²) in [5.74, 6) is 0.262. The first-order chi connectivity index (χ1) is 20.2. The van der Waals surface area contributed by atoms with Crippen molar-refractivity contribution >= 4 is 23.2 Å². The van der Waals surface area contributed by atoms with Gasteiger partial charge in [-0.1, -0.05) is 36.4 Å². The fourth-order valence-electron chi connectivity index (χ4n) is 5.42. The van der Waals surface area contributed by atoms with E-state index in [9.17, 15) is 14.7 Å². The number of hydrogen-bond donors (Lipinski definition) is 2. The number of aliphatic hydroxyl groups excluding tert-OH is 1. The second kappa shape index (κ2) is 12.9. The highest BCUT2D eigenvalue weighted by molar-refractivity contribution is 6.02. The van der Waals surface area contributed by atoms with E-state index >= 15 is 0 Å². The maximum atomic E-state index is 13.8. The summed E-state index contributed by atoms with van der Waals surface area (Å²) in [4.78, 5) is 32.3. The monoisotopic (exact) mass is 572 g/mol. The van der Waals surface area contributed by atoms with Gasteiger partial charge in [-0.2, -0.15) is 0 Å². The number of nitrogens with one attached hydrogen (secondary N) is 1. The van der Waals surface area contributed by atoms with Crippen molar-refractivity contribution in [2.24, 2.45) is 0 Å². The fraction of sp³-hybridized carbons (Fsp3) is 0.394. The number of benzene rings is 3. The number of rotatable bonds is 9. The van der Waals surface area contributed by atoms with Crippen molar-refractivity contribution < 1.29 is 24.2 Å². The van der Waals surface area contributed by atoms with Crippen LogP contribution in [0.2, 0.25) is 0 Å². The summed E-state index contributed by atoms with van der Waals surface area (Å²) in [6.45, 7) is 9.14. The molecule has 0 saturated carbocycles. The minimum Gasteiger partial charge on any atom is -0.482 e. The van der Waals surface area contributed by atoms with Crippen molar-refractivity contribution in [1.29, 1.82) is 0 Å². The van der Waals surface area contributed by atoms with E-state index in [4.69, 9.17) is 9.47 Å². The Balaban J connectivity index is 1.37. The molecule has 2 unspecified atom stereocenters. The molecule has 3 aromatic carbocycles. The van der Waals surface area contributed by atoms with Crippen molar-refractivity contribution in [2.75, 3.05) is 63.3 Å². The summed E-state index contributed by atoms with van der Waals surface area (Å²) >= 11 is 0. The number of likely N-dealkylation sites (N-methyl/N-ethyl adjacent to an activating group) is 1. The number of morpholine rings is 1. The number of aryl methyl sites for hydroxylation is 2. The zero-order valence-corrected chi connectivity index (χ0v) is 24.8. The molecule has 222 valence electrons. The van der Waals surface area contributed by atoms with Crippen LogP contribution in [0.15, 0.2) is 60.7 Å². The molecule has 2 heterocycles. The number of amides is 2. The Hall–Kier alpha value is -3.92. The number of anilines is 2. The van der Waals surface area contributed by atoms with Gasteiger partial charge in [-0.25, -0.2) is 0 Å². The number of hydrogen-bond acceptors (Lipinski definition) is 7. The Labute approximate surface area is 247 Å². The molecule has 2 N–H and O–H groups in total. The third-order valence-corrected chi connectivity index (χ3v) is 8.10. The summed E-state index contributed by atoms with van der Waals surface area (Å²) in [6.07, 6.45) is -0.623. The summed E-state index contributed by atoms with van der Waals surface area (Å²) < 4.78 is 11.2. The van der Waals surface area contributed by atoms with E-state index < -0.39 is 6.23 Å². The molecule has 1 fully saturated rings. The van der Waals surface area contributed by atoms with Gasteiger partial charge >= 0.3 is 0 Å². The Morgan fingerprint density at radius 1 is 1.00 bits per heavy atom. The number of fused-ring (bicyclic) bond motifs is 1. The average molecular weight is 573 g/mol. The van der Waals surface area contributed by atoms with E-state index in [1.807, 2.05) is 57.3 Å². The smallest absolute Gasteiger partial charge is 0.265 e. The Morgan fingerprint density at radius 2 is 1.62 bits per heavy atom. The van der Waals surface area contributed by atoms with Gasteiger partial charge in [0.25, 0.3) is 5.91 Å². The molecular formula is C33H40N4O5. The molecule has 9 heteroatoms. The molecule has 3 aromatic rings. The van der Waals surface area contributed by atoms with Crippen LogP contribution in [0.5, 0.6) is 5.75 Å². The predicted octanol–water partition coefficient (Wildman–Crippen LogP) is 3.98. The molecule has 2 atom stereocenters. The molecule has 2 amide bonds. The van der Waals surface area contributed by atoms with E-state index in [0.717, 1.165) is 46.6 Å². The van der Waals surface area contributed by atoms with Crippen LogP contribution in [0.3, 0.4) is 0 Å². The summed E-state index contributed by atoms with van der Waals surface area (Å²) in [6, 6.07) is 19.9. The molecule has 0 aliphatic carbocycles. The number of ether oxygens (including phenoxy) is 2. The van der Waals surface area contributed by atoms with Crippen LogP contribution >= 0.6 is 0 Å². The molecule has 9 nitrogen and oxygen atoms in total. The van der Waals surface area contributed by atoms with Crippen LogP contribution < -0.4 is 15.0 Å². The molecule has 2 aliphatic rings. The van der Waals surface area contributed by atoms with E-state index in [0.29, 0.717) is 31.2 Å². The van der Waals surface area contributed by atoms with Gasteiger partial charge in [0.1, 0.15) is 18.5 Å². The van der Waals surface area contributed by atoms with Crippen LogP contribution in [-0.4, -0.2) is 86.0 Å². The van der Waals surface area contributed by atoms with Crippen LogP contribution in [0.1, 0.15) is 29.7 Å². The first-order valence-corrected chi connectivity index (χ1v) is 14.4. The SMILES string of the molecule is Cc1cc2c(cc1C)N(CC(=O)N(C)C(CN1CCOCC1)c1ccc(-c3ccc(NC(C)O)cc3)cc1)C(=O)CO2. The minimum atomic E-state index is -0.623. The van der Waals surface area contributed by atoms with Crippen molar-refractivity contribution in [3.05, 3.63) is 77.4 Å². The van der Waals surface area contributed by atoms with Crippen LogP contribution in [0.4, 0.5) is 11.4 Å². The third-order valence-electron chi connectivity index (χ3n) is 8.10. The Bertz CT molecular complexity index is 1400. The van der Waals surface area contributed by atoms with E-state index in [-0.39, 0.29) is 31.0 Å². The van der Waals surface area contributed by atoms with Crippen molar-refractivity contribution in [3.63, 3.8) is 0 Å². The fourth-order valence-corrected chi connectivity index (χ4v) is 5.42. The second-order valence-corrected chi connectivity index (χ2v) is 11.1. The maximum absolute atomic E-state index is 13.8. The lowest BCUT2D eigenvalue weighted by Gasteiger charge is -2.37. The molecule has 2 aliphatic heterocycles. The molecule has 1 saturated heterocycles. The molecule has 42 heavy (non-hydrogen) atoms. The van der Waals surface area contributed by atoms with Gasteiger partial charge < -0.3 is 24.8 Å². The molecule has 0 spiro atoms. The highest BCUT2D eigenvalue weighted by atomic mass is 16.5. The highest BCUT2D eigenvalue weighted by Crippen LogP contribution is 2.35. The average Bonchev–Trinajstić information content (AvgIpc) is 2.99. The quantitative estimate of drug-likeness (QED) is 0.375. The third kappa shape index (κ3) is 6.75. The van der Waals surface area contributed by atoms with E-state index in [1.165, 1.54) is 0 Å². The van der Waals surface area contributed by atoms with Crippen molar-refractivity contribution in [3.8, 4) is 16.9 Å². The number of aliphatic hydroxyl groups is 1. The predicted molar refractivity (Wildman–Crippen MR) is 164 cm³/mol. The van der Waals surface area contributed by atoms with Crippen LogP contribution in [0, 0.1) is 13.8 Å². The van der Waals surface area contributed by atoms with Gasteiger partial charge in [0.15, 0.2) is 6.61 Å². The van der Waals surface area contributed by atoms with E-state index in [2.05, 4.69) is 34.5 Å². The standard InChI is InChI=1S/C33H40N4O5/c1-22-17-29-31(18-23(22)2)42-21-33(40)37(29)20-32(39)35(4)30(19-36-13-15-41-16-14-36)27-7-5-25(6-8-27)26-9-11-28(12-10-26)34-24(3)38/h5-12,17-18,24,30,34,38H,13-16,19-21H2,1-4H3. The first kappa shape index (κ1) is 29.6. The van der Waals surface area contributed by atoms with Crippen LogP contribution in [0.25, 0.3) is 11.1 Å².